The minimum Gasteiger partial charge on any atom is -0.857 e. The number of hydrogen-bond donors (Lipinski definition) is 2. The van der Waals surface area contributed by atoms with Crippen LogP contribution < -0.4 is 40.4 Å². The maximum absolute atomic E-state index is 12.9. The van der Waals surface area contributed by atoms with Gasteiger partial charge in [0.05, 0.1) is 5.75 Å². The van der Waals surface area contributed by atoms with E-state index < -0.39 is 50.5 Å². The summed E-state index contributed by atoms with van der Waals surface area (Å²) in [4.78, 5) is 42.4. The van der Waals surface area contributed by atoms with Gasteiger partial charge in [-0.1, -0.05) is 5.16 Å². The summed E-state index contributed by atoms with van der Waals surface area (Å²) < 4.78 is 25.4. The number of nitrogens with zero attached hydrogens (tertiary/aromatic N) is 5. The van der Waals surface area contributed by atoms with Crippen molar-refractivity contribution in [2.24, 2.45) is 10.1 Å². The minimum atomic E-state index is -3.91. The van der Waals surface area contributed by atoms with Gasteiger partial charge in [0.2, 0.25) is 14.2 Å². The molecule has 0 saturated carbocycles. The molecule has 0 aliphatic carbocycles. The number of β-lactam (4-membered cyclic amide) rings is 1. The van der Waals surface area contributed by atoms with Crippen LogP contribution in [0.3, 0.4) is 0 Å². The van der Waals surface area contributed by atoms with Gasteiger partial charge >= 0.3 is 35.5 Å². The smallest absolute Gasteiger partial charge is 0.857 e. The van der Waals surface area contributed by atoms with Crippen LogP contribution in [0.4, 0.5) is 5.13 Å². The molecule has 0 spiro atoms. The van der Waals surface area contributed by atoms with Crippen molar-refractivity contribution in [1.29, 1.82) is 0 Å². The van der Waals surface area contributed by atoms with E-state index in [9.17, 15) is 28.2 Å². The van der Waals surface area contributed by atoms with Crippen molar-refractivity contribution in [3.63, 3.8) is 0 Å². The molecule has 186 valence electrons. The number of carboxylic acid groups (broad SMARTS) is 1. The number of nitrogens with two attached hydrogens (primary N) is 1. The Morgan fingerprint density at radius 1 is 1.36 bits per heavy atom. The summed E-state index contributed by atoms with van der Waals surface area (Å²) in [5, 5.41) is 28.6. The van der Waals surface area contributed by atoms with Gasteiger partial charge in [0.1, 0.15) is 29.6 Å². The fourth-order valence-electron chi connectivity index (χ4n) is 3.40. The Bertz CT molecular complexity index is 1400. The van der Waals surface area contributed by atoms with Gasteiger partial charge < -0.3 is 20.8 Å². The Morgan fingerprint density at radius 3 is 2.64 bits per heavy atom. The Hall–Kier alpha value is -2.02. The van der Waals surface area contributed by atoms with Crippen LogP contribution in [-0.4, -0.2) is 81.9 Å². The second kappa shape index (κ2) is 11.2. The monoisotopic (exact) mass is 580 g/mol. The zero-order valence-corrected chi connectivity index (χ0v) is 24.3. The average molecular weight is 581 g/mol. The first-order valence-corrected chi connectivity index (χ1v) is 14.1. The topological polar surface area (TPSA) is 201 Å². The standard InChI is InChI=1S/C18H18N6O7S4.Na/c1-7-3-34-18(20-7)35(29,30)6-8-4-32-15-11(14(26)24(15)12(8)16(27)28)22-13(25)10(23-31-2)9-5-33-17(19)21-9;/h3,5,11,15H,4,6H2,1-2H3,(H2,19,21)(H,22,25)(H,27,28);/q;+1/p-1/b23-10-;/t11-,15-;/m1./s1. The number of carbonyl (C=O) groups is 2. The van der Waals surface area contributed by atoms with Crippen molar-refractivity contribution in [2.75, 3.05) is 24.3 Å². The number of oxime groups is 1. The first-order chi connectivity index (χ1) is 16.5. The third kappa shape index (κ3) is 5.46. The minimum absolute atomic E-state index is 0. The molecule has 13 nitrogen and oxygen atoms in total. The van der Waals surface area contributed by atoms with E-state index in [2.05, 4.69) is 25.0 Å². The van der Waals surface area contributed by atoms with Crippen LogP contribution in [0.2, 0.25) is 0 Å². The molecular weight excluding hydrogens is 563 g/mol. The molecule has 2 aliphatic heterocycles. The van der Waals surface area contributed by atoms with E-state index >= 15 is 0 Å². The maximum Gasteiger partial charge on any atom is 1.00 e. The number of thioether (sulfide) groups is 1. The molecule has 0 unspecified atom stereocenters. The molecule has 4 rings (SSSR count). The third-order valence-electron chi connectivity index (χ3n) is 4.86. The predicted molar refractivity (Wildman–Crippen MR) is 128 cm³/mol. The summed E-state index contributed by atoms with van der Waals surface area (Å²) >= 11 is 3.13. The predicted octanol–water partition coefficient (Wildman–Crippen LogP) is -3.30. The van der Waals surface area contributed by atoms with Gasteiger partial charge in [-0.3, -0.25) is 14.7 Å². The summed E-state index contributed by atoms with van der Waals surface area (Å²) in [6.07, 6.45) is 0. The normalized spacial score (nSPS) is 20.5. The fraction of sp³-hybridized carbons (Fsp3) is 0.333. The fourth-order valence-corrected chi connectivity index (χ4v) is 7.93. The van der Waals surface area contributed by atoms with Crippen LogP contribution in [-0.2, 0) is 24.3 Å². The van der Waals surface area contributed by atoms with E-state index in [1.807, 2.05) is 0 Å². The number of aliphatic carboxylic acids is 1. The van der Waals surface area contributed by atoms with Crippen molar-refractivity contribution in [3.8, 4) is 0 Å². The summed E-state index contributed by atoms with van der Waals surface area (Å²) in [7, 11) is -2.68. The van der Waals surface area contributed by atoms with Crippen LogP contribution in [0.1, 0.15) is 11.4 Å². The number of nitrogen functional groups attached to an aromatic ring is 1. The number of rotatable bonds is 8. The summed E-state index contributed by atoms with van der Waals surface area (Å²) in [6, 6.07) is -1.18. The Labute approximate surface area is 239 Å². The number of carbonyl (C=O) groups excluding carboxylic acids is 1. The third-order valence-corrected chi connectivity index (χ3v) is 10.0. The molecular formula is C18H17N6NaO7S4. The number of aryl methyl sites for hydroxylation is 1. The van der Waals surface area contributed by atoms with E-state index in [1.54, 1.807) is 12.3 Å². The molecule has 0 aromatic carbocycles. The number of thiazole rings is 2. The summed E-state index contributed by atoms with van der Waals surface area (Å²) in [6.45, 7) is 1.65. The summed E-state index contributed by atoms with van der Waals surface area (Å²) in [5.74, 6) is -3.66. The molecule has 18 heteroatoms. The van der Waals surface area contributed by atoms with Crippen LogP contribution in [0.15, 0.2) is 36.5 Å². The molecule has 36 heavy (non-hydrogen) atoms. The molecule has 1 saturated heterocycles. The number of carboxylic acids is 1. The van der Waals surface area contributed by atoms with Crippen LogP contribution in [0.5, 0.6) is 0 Å². The number of aliphatic imine (C=N–C) groups is 1. The van der Waals surface area contributed by atoms with Crippen LogP contribution in [0.25, 0.3) is 0 Å². The van der Waals surface area contributed by atoms with Crippen molar-refractivity contribution in [3.05, 3.63) is 33.4 Å². The maximum atomic E-state index is 12.9. The number of anilines is 1. The Kier molecular flexibility index (Phi) is 8.85. The van der Waals surface area contributed by atoms with Crippen molar-refractivity contribution in [2.45, 2.75) is 22.7 Å². The molecule has 2 aromatic rings. The van der Waals surface area contributed by atoms with E-state index in [1.165, 1.54) is 12.5 Å². The zero-order valence-electron chi connectivity index (χ0n) is 19.1. The van der Waals surface area contributed by atoms with Crippen molar-refractivity contribution < 1.29 is 62.6 Å². The van der Waals surface area contributed by atoms with Crippen molar-refractivity contribution >= 4 is 72.9 Å². The van der Waals surface area contributed by atoms with Gasteiger partial charge in [0.25, 0.3) is 5.91 Å². The number of hydrogen-bond acceptors (Lipinski definition) is 14. The zero-order chi connectivity index (χ0) is 25.5. The summed E-state index contributed by atoms with van der Waals surface area (Å²) in [5.41, 5.74) is 5.63. The van der Waals surface area contributed by atoms with E-state index in [0.717, 1.165) is 39.3 Å². The number of aromatic nitrogens is 2. The van der Waals surface area contributed by atoms with E-state index in [4.69, 9.17) is 5.73 Å². The second-order valence-corrected chi connectivity index (χ2v) is 12.3. The van der Waals surface area contributed by atoms with Gasteiger partial charge in [-0.25, -0.2) is 23.2 Å². The SMILES string of the molecule is CO/N=C(\C([O-])=N[C@@H]1C(=O)N2C(C(=O)O)=C(CS(=O)(=O)c3nc(C)cs3)CS[C@H]12)c1csc(N)n1.[Na+]. The second-order valence-electron chi connectivity index (χ2n) is 7.25. The molecule has 1 fully saturated rings. The average Bonchev–Trinajstić information content (AvgIpc) is 3.43. The Morgan fingerprint density at radius 2 is 2.08 bits per heavy atom. The molecule has 2 aliphatic rings. The molecule has 0 bridgehead atoms. The number of amides is 1. The van der Waals surface area contributed by atoms with Gasteiger partial charge in [-0.15, -0.1) is 34.4 Å². The largest absolute Gasteiger partial charge is 1.00 e. The molecule has 0 radical (unpaired) electrons. The van der Waals surface area contributed by atoms with Gasteiger partial charge in [-0.2, -0.15) is 0 Å². The molecule has 2 aromatic heterocycles. The first kappa shape index (κ1) is 28.5. The van der Waals surface area contributed by atoms with Crippen molar-refractivity contribution in [1.82, 2.24) is 14.9 Å². The number of fused-ring (bicyclic) bond motifs is 1. The molecule has 2 atom stereocenters. The molecule has 1 amide bonds. The van der Waals surface area contributed by atoms with Gasteiger partial charge in [0, 0.05) is 28.1 Å². The quantitative estimate of drug-likeness (QED) is 0.104. The van der Waals surface area contributed by atoms with E-state index in [-0.39, 0.29) is 61.8 Å². The van der Waals surface area contributed by atoms with Gasteiger partial charge in [-0.05, 0) is 12.5 Å². The van der Waals surface area contributed by atoms with Crippen LogP contribution in [0, 0.1) is 6.92 Å². The van der Waals surface area contributed by atoms with Gasteiger partial charge in [0.15, 0.2) is 11.2 Å². The van der Waals surface area contributed by atoms with E-state index in [0.29, 0.717) is 5.69 Å². The van der Waals surface area contributed by atoms with Crippen LogP contribution >= 0.6 is 34.4 Å². The Balaban J connectivity index is 0.00000361. The molecule has 3 N–H and O–H groups in total. The number of sulfone groups is 1. The first-order valence-electron chi connectivity index (χ1n) is 9.66. The molecule has 4 heterocycles.